The molecule has 4 aromatic rings. The van der Waals surface area contributed by atoms with Crippen LogP contribution in [-0.2, 0) is 22.6 Å². The van der Waals surface area contributed by atoms with Crippen LogP contribution in [-0.4, -0.2) is 19.2 Å². The van der Waals surface area contributed by atoms with Crippen molar-refractivity contribution in [1.29, 1.82) is 5.26 Å². The summed E-state index contributed by atoms with van der Waals surface area (Å²) in [5.74, 6) is -2.16. The van der Waals surface area contributed by atoms with Crippen LogP contribution in [0.3, 0.4) is 0 Å². The van der Waals surface area contributed by atoms with E-state index >= 15 is 0 Å². The molecule has 0 aliphatic heterocycles. The number of nitriles is 1. The third-order valence-electron chi connectivity index (χ3n) is 6.23. The highest BCUT2D eigenvalue weighted by atomic mass is 32.2. The lowest BCUT2D eigenvalue weighted by Gasteiger charge is -2.16. The average molecular weight is 577 g/mol. The molecule has 0 radical (unpaired) electrons. The van der Waals surface area contributed by atoms with E-state index in [4.69, 9.17) is 4.42 Å². The van der Waals surface area contributed by atoms with Gasteiger partial charge in [0.1, 0.15) is 29.0 Å². The van der Waals surface area contributed by atoms with Gasteiger partial charge in [-0.05, 0) is 53.9 Å². The molecular formula is C28H21F5N2O4S. The number of hydrogen-bond acceptors (Lipinski definition) is 5. The fourth-order valence-electron chi connectivity index (χ4n) is 4.10. The number of hydrogen-bond donors (Lipinski definition) is 0. The Morgan fingerprint density at radius 2 is 1.68 bits per heavy atom. The predicted molar refractivity (Wildman–Crippen MR) is 136 cm³/mol. The minimum Gasteiger partial charge on any atom is -0.455 e. The van der Waals surface area contributed by atoms with Crippen LogP contribution in [0.5, 0.6) is 0 Å². The van der Waals surface area contributed by atoms with Gasteiger partial charge in [0.2, 0.25) is 0 Å². The van der Waals surface area contributed by atoms with Crippen LogP contribution in [0.2, 0.25) is 0 Å². The Balaban J connectivity index is 1.96. The van der Waals surface area contributed by atoms with E-state index in [0.717, 1.165) is 23.0 Å². The molecule has 2 aromatic heterocycles. The van der Waals surface area contributed by atoms with Gasteiger partial charge in [0.25, 0.3) is 5.56 Å². The van der Waals surface area contributed by atoms with Crippen molar-refractivity contribution in [2.45, 2.75) is 37.4 Å². The molecule has 6 nitrogen and oxygen atoms in total. The van der Waals surface area contributed by atoms with Crippen LogP contribution >= 0.6 is 0 Å². The van der Waals surface area contributed by atoms with E-state index in [1.807, 2.05) is 13.8 Å². The van der Waals surface area contributed by atoms with Gasteiger partial charge < -0.3 is 4.42 Å². The van der Waals surface area contributed by atoms with Crippen molar-refractivity contribution in [1.82, 2.24) is 4.57 Å². The molecule has 2 aromatic carbocycles. The van der Waals surface area contributed by atoms with Gasteiger partial charge in [-0.3, -0.25) is 9.36 Å². The number of alkyl halides is 3. The van der Waals surface area contributed by atoms with Gasteiger partial charge in [0.05, 0.1) is 22.7 Å². The Morgan fingerprint density at radius 3 is 2.25 bits per heavy atom. The molecule has 0 amide bonds. The summed E-state index contributed by atoms with van der Waals surface area (Å²) >= 11 is 0. The molecule has 2 heterocycles. The predicted octanol–water partition coefficient (Wildman–Crippen LogP) is 6.52. The smallest absolute Gasteiger partial charge is 0.417 e. The summed E-state index contributed by atoms with van der Waals surface area (Å²) in [7, 11) is -3.62. The second kappa shape index (κ2) is 10.4. The van der Waals surface area contributed by atoms with E-state index in [9.17, 15) is 40.4 Å². The zero-order chi connectivity index (χ0) is 29.6. The number of rotatable bonds is 6. The minimum absolute atomic E-state index is 0.00748. The summed E-state index contributed by atoms with van der Waals surface area (Å²) in [5.41, 5.74) is -3.72. The number of benzene rings is 2. The molecule has 0 atom stereocenters. The maximum atomic E-state index is 14.4. The molecule has 0 saturated carbocycles. The molecule has 0 N–H and O–H groups in total. The van der Waals surface area contributed by atoms with Gasteiger partial charge in [-0.2, -0.15) is 18.4 Å². The zero-order valence-electron chi connectivity index (χ0n) is 21.3. The molecule has 4 rings (SSSR count). The first-order chi connectivity index (χ1) is 18.6. The minimum atomic E-state index is -5.08. The number of pyridine rings is 1. The van der Waals surface area contributed by atoms with Gasteiger partial charge in [0, 0.05) is 23.4 Å². The number of sulfone groups is 1. The molecule has 12 heteroatoms. The van der Waals surface area contributed by atoms with Crippen molar-refractivity contribution in [2.75, 3.05) is 6.26 Å². The van der Waals surface area contributed by atoms with E-state index in [1.54, 1.807) is 6.07 Å². The van der Waals surface area contributed by atoms with Crippen LogP contribution < -0.4 is 5.56 Å². The number of aromatic nitrogens is 1. The molecule has 0 spiro atoms. The number of furan rings is 1. The summed E-state index contributed by atoms with van der Waals surface area (Å²) in [4.78, 5) is 13.1. The van der Waals surface area contributed by atoms with Crippen LogP contribution in [0.1, 0.15) is 42.0 Å². The Bertz CT molecular complexity index is 1830. The average Bonchev–Trinajstić information content (AvgIpc) is 3.35. The molecule has 0 unspecified atom stereocenters. The first-order valence-electron chi connectivity index (χ1n) is 11.7. The van der Waals surface area contributed by atoms with Crippen molar-refractivity contribution >= 4 is 9.84 Å². The molecule has 0 aliphatic rings. The Labute approximate surface area is 225 Å². The highest BCUT2D eigenvalue weighted by molar-refractivity contribution is 7.90. The summed E-state index contributed by atoms with van der Waals surface area (Å²) in [5, 5.41) is 9.36. The lowest BCUT2D eigenvalue weighted by Crippen LogP contribution is -2.29. The van der Waals surface area contributed by atoms with Crippen LogP contribution in [0.25, 0.3) is 22.8 Å². The lowest BCUT2D eigenvalue weighted by atomic mass is 10.00. The lowest BCUT2D eigenvalue weighted by molar-refractivity contribution is -0.137. The quantitative estimate of drug-likeness (QED) is 0.244. The number of halogens is 5. The first kappa shape index (κ1) is 28.8. The van der Waals surface area contributed by atoms with Gasteiger partial charge in [-0.25, -0.2) is 17.2 Å². The summed E-state index contributed by atoms with van der Waals surface area (Å²) < 4.78 is 100. The third kappa shape index (κ3) is 5.70. The normalized spacial score (nSPS) is 12.1. The molecule has 0 aliphatic carbocycles. The van der Waals surface area contributed by atoms with Crippen molar-refractivity contribution in [3.8, 4) is 28.8 Å². The van der Waals surface area contributed by atoms with Crippen molar-refractivity contribution in [3.63, 3.8) is 0 Å². The van der Waals surface area contributed by atoms with E-state index in [1.165, 1.54) is 30.3 Å². The second-order valence-electron chi connectivity index (χ2n) is 9.44. The fraction of sp³-hybridized carbons (Fsp3) is 0.214. The van der Waals surface area contributed by atoms with Crippen molar-refractivity contribution < 1.29 is 34.8 Å². The van der Waals surface area contributed by atoms with Gasteiger partial charge >= 0.3 is 6.18 Å². The highest BCUT2D eigenvalue weighted by Gasteiger charge is 2.37. The Kier molecular flexibility index (Phi) is 7.47. The number of nitrogens with zero attached hydrogens (tertiary/aromatic N) is 2. The van der Waals surface area contributed by atoms with Crippen LogP contribution in [0, 0.1) is 23.0 Å². The van der Waals surface area contributed by atoms with Crippen LogP contribution in [0.4, 0.5) is 22.0 Å². The van der Waals surface area contributed by atoms with Crippen LogP contribution in [0.15, 0.2) is 68.7 Å². The van der Waals surface area contributed by atoms with Crippen molar-refractivity contribution in [2.24, 2.45) is 0 Å². The van der Waals surface area contributed by atoms with E-state index in [-0.39, 0.29) is 27.9 Å². The molecule has 0 fully saturated rings. The molecule has 208 valence electrons. The van der Waals surface area contributed by atoms with Gasteiger partial charge in [-0.15, -0.1) is 0 Å². The Morgan fingerprint density at radius 1 is 1.00 bits per heavy atom. The topological polar surface area (TPSA) is 93.1 Å². The third-order valence-corrected chi connectivity index (χ3v) is 7.32. The molecule has 40 heavy (non-hydrogen) atoms. The Hall–Kier alpha value is -4.24. The molecule has 0 saturated heterocycles. The van der Waals surface area contributed by atoms with E-state index in [0.29, 0.717) is 23.3 Å². The molecular weight excluding hydrogens is 555 g/mol. The van der Waals surface area contributed by atoms with E-state index < -0.39 is 56.6 Å². The van der Waals surface area contributed by atoms with Crippen molar-refractivity contribution in [3.05, 3.63) is 98.8 Å². The zero-order valence-corrected chi connectivity index (χ0v) is 22.1. The van der Waals surface area contributed by atoms with Gasteiger partial charge in [-0.1, -0.05) is 19.9 Å². The maximum Gasteiger partial charge on any atom is 0.417 e. The summed E-state index contributed by atoms with van der Waals surface area (Å²) in [6.07, 6.45) is -4.04. The first-order valence-corrected chi connectivity index (χ1v) is 13.6. The summed E-state index contributed by atoms with van der Waals surface area (Å²) in [6.45, 7) is 3.06. The summed E-state index contributed by atoms with van der Waals surface area (Å²) in [6, 6.07) is 11.5. The second-order valence-corrected chi connectivity index (χ2v) is 11.5. The standard InChI is InChI=1S/C28H21F5N2O4S/c1-15(2)17-8-18(10-20(9-17)40(3,37)38)25-6-7-26(39-25)24-12-22(28(31,32)33)21(13-34)27(36)35(24)14-16-4-5-19(29)11-23(16)30/h4-12,15H,14H2,1-3H3. The highest BCUT2D eigenvalue weighted by Crippen LogP contribution is 2.36. The maximum absolute atomic E-state index is 14.4. The fourth-order valence-corrected chi connectivity index (χ4v) is 4.79. The monoisotopic (exact) mass is 576 g/mol. The molecule has 0 bridgehead atoms. The SMILES string of the molecule is CC(C)c1cc(-c2ccc(-c3cc(C(F)(F)F)c(C#N)c(=O)n3Cc3ccc(F)cc3F)o2)cc(S(C)(=O)=O)c1. The van der Waals surface area contributed by atoms with Gasteiger partial charge in [0.15, 0.2) is 15.6 Å². The van der Waals surface area contributed by atoms with E-state index in [2.05, 4.69) is 0 Å². The largest absolute Gasteiger partial charge is 0.455 e.